The van der Waals surface area contributed by atoms with Crippen molar-refractivity contribution < 1.29 is 19.2 Å². The Balaban J connectivity index is 1.52. The molecule has 3 saturated heterocycles. The van der Waals surface area contributed by atoms with Gasteiger partial charge in [-0.2, -0.15) is 0 Å². The number of carbonyl (C=O) groups excluding carboxylic acids is 4. The Kier molecular flexibility index (Phi) is 5.16. The minimum absolute atomic E-state index is 0.0610. The van der Waals surface area contributed by atoms with Crippen LogP contribution in [0.25, 0.3) is 0 Å². The lowest BCUT2D eigenvalue weighted by Crippen LogP contribution is -2.67. The molecule has 7 heteroatoms. The summed E-state index contributed by atoms with van der Waals surface area (Å²) in [6.45, 7) is 8.35. The summed E-state index contributed by atoms with van der Waals surface area (Å²) in [5, 5.41) is 0. The molecule has 2 bridgehead atoms. The number of piperazine rings is 1. The predicted molar refractivity (Wildman–Crippen MR) is 130 cm³/mol. The van der Waals surface area contributed by atoms with E-state index in [-0.39, 0.29) is 42.1 Å². The number of likely N-dealkylation sites (tertiary alicyclic amines) is 2. The summed E-state index contributed by atoms with van der Waals surface area (Å²) in [6, 6.07) is 16.2. The van der Waals surface area contributed by atoms with Crippen molar-refractivity contribution in [2.24, 2.45) is 11.8 Å². The molecule has 0 saturated carbocycles. The molecule has 4 atom stereocenters. The van der Waals surface area contributed by atoms with E-state index < -0.39 is 23.4 Å². The second kappa shape index (κ2) is 7.77. The molecule has 182 valence electrons. The number of hydrogen-bond donors (Lipinski definition) is 0. The largest absolute Gasteiger partial charge is 0.342 e. The second-order valence-electron chi connectivity index (χ2n) is 11.2. The summed E-state index contributed by atoms with van der Waals surface area (Å²) in [7, 11) is 1.67. The highest BCUT2D eigenvalue weighted by molar-refractivity contribution is 6.13. The first-order valence-corrected chi connectivity index (χ1v) is 12.0. The highest BCUT2D eigenvalue weighted by atomic mass is 16.2. The van der Waals surface area contributed by atoms with Crippen molar-refractivity contribution in [2.45, 2.75) is 51.2 Å². The van der Waals surface area contributed by atoms with Crippen molar-refractivity contribution in [1.82, 2.24) is 14.7 Å². The Labute approximate surface area is 205 Å². The van der Waals surface area contributed by atoms with Gasteiger partial charge in [-0.1, -0.05) is 63.2 Å². The maximum atomic E-state index is 13.8. The van der Waals surface area contributed by atoms with Gasteiger partial charge in [-0.05, 0) is 35.6 Å². The number of rotatable bonds is 3. The zero-order valence-corrected chi connectivity index (χ0v) is 20.8. The van der Waals surface area contributed by atoms with Gasteiger partial charge < -0.3 is 9.80 Å². The molecule has 3 aliphatic heterocycles. The van der Waals surface area contributed by atoms with E-state index in [0.717, 1.165) is 11.1 Å². The Hall–Kier alpha value is -3.48. The van der Waals surface area contributed by atoms with Crippen LogP contribution in [-0.2, 0) is 26.3 Å². The van der Waals surface area contributed by atoms with Crippen LogP contribution in [0.5, 0.6) is 0 Å². The monoisotopic (exact) mass is 473 g/mol. The normalized spacial score (nSPS) is 28.1. The maximum absolute atomic E-state index is 13.8. The Morgan fingerprint density at radius 3 is 2.20 bits per heavy atom. The third kappa shape index (κ3) is 3.32. The fourth-order valence-electron chi connectivity index (χ4n) is 6.10. The Morgan fingerprint density at radius 2 is 1.60 bits per heavy atom. The topological polar surface area (TPSA) is 78.0 Å². The number of fused-ring (bicyclic) bond motifs is 5. The fourth-order valence-corrected chi connectivity index (χ4v) is 6.10. The summed E-state index contributed by atoms with van der Waals surface area (Å²) < 4.78 is 0. The lowest BCUT2D eigenvalue weighted by atomic mass is 9.81. The Bertz CT molecular complexity index is 1220. The predicted octanol–water partition coefficient (Wildman–Crippen LogP) is 2.84. The van der Waals surface area contributed by atoms with Gasteiger partial charge in [0.25, 0.3) is 5.91 Å². The van der Waals surface area contributed by atoms with Gasteiger partial charge in [0.1, 0.15) is 5.54 Å². The lowest BCUT2D eigenvalue weighted by molar-refractivity contribution is -0.154. The van der Waals surface area contributed by atoms with Crippen molar-refractivity contribution in [3.63, 3.8) is 0 Å². The molecular weight excluding hydrogens is 442 g/mol. The van der Waals surface area contributed by atoms with Crippen LogP contribution in [0.15, 0.2) is 54.6 Å². The molecule has 2 aromatic carbocycles. The first kappa shape index (κ1) is 23.3. The highest BCUT2D eigenvalue weighted by Gasteiger charge is 2.73. The number of hydrogen-bond acceptors (Lipinski definition) is 4. The summed E-state index contributed by atoms with van der Waals surface area (Å²) in [5.74, 6) is -2.92. The van der Waals surface area contributed by atoms with Crippen LogP contribution in [0.3, 0.4) is 0 Å². The molecular formula is C28H31N3O4. The van der Waals surface area contributed by atoms with E-state index >= 15 is 0 Å². The van der Waals surface area contributed by atoms with Crippen LogP contribution in [0.4, 0.5) is 0 Å². The summed E-state index contributed by atoms with van der Waals surface area (Å²) in [5.41, 5.74) is 0.915. The molecule has 2 aromatic rings. The number of likely N-dealkylation sites (N-methyl/N-ethyl adjacent to an activating group) is 1. The van der Waals surface area contributed by atoms with E-state index in [0.29, 0.717) is 5.56 Å². The van der Waals surface area contributed by atoms with Gasteiger partial charge >= 0.3 is 0 Å². The number of imide groups is 1. The first-order chi connectivity index (χ1) is 16.5. The average molecular weight is 474 g/mol. The molecule has 0 N–H and O–H groups in total. The van der Waals surface area contributed by atoms with Gasteiger partial charge in [0, 0.05) is 19.2 Å². The van der Waals surface area contributed by atoms with Crippen molar-refractivity contribution in [2.75, 3.05) is 13.6 Å². The molecule has 35 heavy (non-hydrogen) atoms. The quantitative estimate of drug-likeness (QED) is 0.643. The molecule has 0 aromatic heterocycles. The van der Waals surface area contributed by atoms with Crippen molar-refractivity contribution in [3.05, 3.63) is 71.3 Å². The minimum Gasteiger partial charge on any atom is -0.342 e. The molecule has 3 aliphatic rings. The molecule has 3 fully saturated rings. The molecule has 0 radical (unpaired) electrons. The zero-order chi connectivity index (χ0) is 25.3. The minimum atomic E-state index is -1.42. The summed E-state index contributed by atoms with van der Waals surface area (Å²) in [4.78, 5) is 59.0. The van der Waals surface area contributed by atoms with Gasteiger partial charge in [0.15, 0.2) is 0 Å². The zero-order valence-electron chi connectivity index (χ0n) is 20.8. The second-order valence-corrected chi connectivity index (χ2v) is 11.2. The lowest BCUT2D eigenvalue weighted by Gasteiger charge is -2.47. The third-order valence-corrected chi connectivity index (χ3v) is 7.94. The summed E-state index contributed by atoms with van der Waals surface area (Å²) >= 11 is 0. The van der Waals surface area contributed by atoms with Crippen molar-refractivity contribution >= 4 is 23.6 Å². The van der Waals surface area contributed by atoms with E-state index in [1.54, 1.807) is 31.0 Å². The third-order valence-electron chi connectivity index (χ3n) is 7.94. The summed E-state index contributed by atoms with van der Waals surface area (Å²) in [6.07, 6.45) is 0. The maximum Gasteiger partial charge on any atom is 0.255 e. The fraction of sp³-hybridized carbons (Fsp3) is 0.429. The molecule has 7 nitrogen and oxygen atoms in total. The standard InChI is InChI=1S/C28H31N3O4/c1-27(2,3)19-13-11-18(12-14-19)23(32)31-20-16-29(5)26(35)28(31,4)22-21(20)24(33)30(25(22)34)15-17-9-7-6-8-10-17/h6-14,20-22H,15-16H2,1-5H3/t20-,21+,22-,28-/m1/s1. The van der Waals surface area contributed by atoms with Crippen LogP contribution in [0.1, 0.15) is 49.2 Å². The number of benzene rings is 2. The SMILES string of the molecule is CN1C[C@@H]2[C@@H]3C(=O)N(Cc4ccccc4)C(=O)[C@@H]3[C@](C)(C1=O)N2C(=O)c1ccc(C(C)(C)C)cc1. The molecule has 0 spiro atoms. The molecule has 3 heterocycles. The van der Waals surface area contributed by atoms with E-state index in [1.165, 1.54) is 9.80 Å². The van der Waals surface area contributed by atoms with Gasteiger partial charge in [0.05, 0.1) is 24.4 Å². The molecule has 0 unspecified atom stereocenters. The van der Waals surface area contributed by atoms with E-state index in [2.05, 4.69) is 20.8 Å². The van der Waals surface area contributed by atoms with E-state index in [4.69, 9.17) is 0 Å². The van der Waals surface area contributed by atoms with Gasteiger partial charge in [-0.3, -0.25) is 24.1 Å². The van der Waals surface area contributed by atoms with Crippen LogP contribution in [0, 0.1) is 11.8 Å². The van der Waals surface area contributed by atoms with E-state index in [9.17, 15) is 19.2 Å². The average Bonchev–Trinajstić information content (AvgIpc) is 3.20. The highest BCUT2D eigenvalue weighted by Crippen LogP contribution is 2.52. The van der Waals surface area contributed by atoms with Gasteiger partial charge in [0.2, 0.25) is 17.7 Å². The first-order valence-electron chi connectivity index (χ1n) is 12.0. The smallest absolute Gasteiger partial charge is 0.255 e. The van der Waals surface area contributed by atoms with Crippen LogP contribution < -0.4 is 0 Å². The number of nitrogens with zero attached hydrogens (tertiary/aromatic N) is 3. The van der Waals surface area contributed by atoms with Crippen molar-refractivity contribution in [1.29, 1.82) is 0 Å². The Morgan fingerprint density at radius 1 is 0.971 bits per heavy atom. The van der Waals surface area contributed by atoms with E-state index in [1.807, 2.05) is 42.5 Å². The molecule has 0 aliphatic carbocycles. The molecule has 5 rings (SSSR count). The number of carbonyl (C=O) groups is 4. The van der Waals surface area contributed by atoms with Crippen LogP contribution in [-0.4, -0.2) is 63.5 Å². The molecule has 4 amide bonds. The van der Waals surface area contributed by atoms with Crippen molar-refractivity contribution in [3.8, 4) is 0 Å². The number of amides is 4. The van der Waals surface area contributed by atoms with Gasteiger partial charge in [-0.25, -0.2) is 0 Å². The van der Waals surface area contributed by atoms with Crippen LogP contribution in [0.2, 0.25) is 0 Å². The van der Waals surface area contributed by atoms with Gasteiger partial charge in [-0.15, -0.1) is 0 Å². The van der Waals surface area contributed by atoms with Crippen LogP contribution >= 0.6 is 0 Å².